The molecule has 88 valence electrons. The summed E-state index contributed by atoms with van der Waals surface area (Å²) in [5.74, 6) is 1.16. The maximum atomic E-state index is 5.81. The Hall–Kier alpha value is -0.560. The zero-order valence-electron chi connectivity index (χ0n) is 11.4. The van der Waals surface area contributed by atoms with Gasteiger partial charge >= 0.3 is 0 Å². The van der Waals surface area contributed by atoms with Crippen molar-refractivity contribution in [1.82, 2.24) is 0 Å². The van der Waals surface area contributed by atoms with Crippen LogP contribution >= 0.6 is 0 Å². The van der Waals surface area contributed by atoms with E-state index in [2.05, 4.69) is 48.5 Å². The molecule has 0 fully saturated rings. The van der Waals surface area contributed by atoms with Crippen molar-refractivity contribution in [2.24, 2.45) is 17.6 Å². The molecule has 15 heavy (non-hydrogen) atoms. The minimum Gasteiger partial charge on any atom is -0.327 e. The monoisotopic (exact) mass is 209 g/mol. The van der Waals surface area contributed by atoms with Crippen molar-refractivity contribution in [3.05, 3.63) is 22.3 Å². The van der Waals surface area contributed by atoms with E-state index >= 15 is 0 Å². The Morgan fingerprint density at radius 1 is 0.867 bits per heavy atom. The van der Waals surface area contributed by atoms with Gasteiger partial charge < -0.3 is 5.73 Å². The van der Waals surface area contributed by atoms with Crippen molar-refractivity contribution in [2.45, 2.75) is 48.5 Å². The molecule has 0 aromatic rings. The Balaban J connectivity index is 5.30. The molecule has 0 aromatic heterocycles. The number of allylic oxidation sites excluding steroid dienone is 3. The molecule has 0 aromatic carbocycles. The quantitative estimate of drug-likeness (QED) is 0.698. The largest absolute Gasteiger partial charge is 0.327 e. The summed E-state index contributed by atoms with van der Waals surface area (Å²) in [6, 6.07) is 0. The van der Waals surface area contributed by atoms with Crippen LogP contribution in [0.2, 0.25) is 0 Å². The van der Waals surface area contributed by atoms with E-state index in [1.165, 1.54) is 22.3 Å². The lowest BCUT2D eigenvalue weighted by molar-refractivity contribution is 0.726. The highest BCUT2D eigenvalue weighted by Crippen LogP contribution is 2.25. The Bertz CT molecular complexity index is 267. The van der Waals surface area contributed by atoms with Crippen LogP contribution in [0, 0.1) is 11.8 Å². The molecular weight excluding hydrogens is 182 g/mol. The number of hydrogen-bond acceptors (Lipinski definition) is 1. The molecule has 2 N–H and O–H groups in total. The third-order valence-corrected chi connectivity index (χ3v) is 3.42. The molecule has 0 saturated heterocycles. The fourth-order valence-corrected chi connectivity index (χ4v) is 1.79. The fraction of sp³-hybridized carbons (Fsp3) is 0.714. The lowest BCUT2D eigenvalue weighted by atomic mass is 9.89. The van der Waals surface area contributed by atoms with Crippen molar-refractivity contribution >= 4 is 0 Å². The molecule has 0 aliphatic heterocycles. The van der Waals surface area contributed by atoms with Crippen LogP contribution in [-0.2, 0) is 0 Å². The standard InChI is InChI=1S/C14H27N/c1-9(2)11(5)12(6)13(7)14(8-15)10(3)4/h9-10H,8,15H2,1-7H3/b12-11-,14-13+. The Morgan fingerprint density at radius 3 is 1.60 bits per heavy atom. The zero-order chi connectivity index (χ0) is 12.2. The first kappa shape index (κ1) is 14.4. The van der Waals surface area contributed by atoms with Gasteiger partial charge in [0.15, 0.2) is 0 Å². The summed E-state index contributed by atoms with van der Waals surface area (Å²) in [4.78, 5) is 0. The van der Waals surface area contributed by atoms with Gasteiger partial charge in [-0.25, -0.2) is 0 Å². The second-order valence-electron chi connectivity index (χ2n) is 4.97. The topological polar surface area (TPSA) is 26.0 Å². The molecule has 1 nitrogen and oxygen atoms in total. The first-order valence-corrected chi connectivity index (χ1v) is 5.90. The van der Waals surface area contributed by atoms with Gasteiger partial charge in [-0.1, -0.05) is 38.8 Å². The molecule has 0 rings (SSSR count). The van der Waals surface area contributed by atoms with E-state index in [9.17, 15) is 0 Å². The average Bonchev–Trinajstić information content (AvgIpc) is 2.15. The van der Waals surface area contributed by atoms with Crippen LogP contribution in [0.1, 0.15) is 48.5 Å². The highest BCUT2D eigenvalue weighted by atomic mass is 14.5. The Morgan fingerprint density at radius 2 is 1.33 bits per heavy atom. The summed E-state index contributed by atoms with van der Waals surface area (Å²) in [6.45, 7) is 16.2. The summed E-state index contributed by atoms with van der Waals surface area (Å²) in [5, 5.41) is 0. The van der Waals surface area contributed by atoms with Gasteiger partial charge in [0.25, 0.3) is 0 Å². The lowest BCUT2D eigenvalue weighted by Gasteiger charge is -2.18. The molecular formula is C14H27N. The van der Waals surface area contributed by atoms with Gasteiger partial charge in [0.2, 0.25) is 0 Å². The normalized spacial score (nSPS) is 15.6. The minimum atomic E-state index is 0.546. The highest BCUT2D eigenvalue weighted by Gasteiger charge is 2.10. The first-order chi connectivity index (χ1) is 6.82. The maximum absolute atomic E-state index is 5.81. The van der Waals surface area contributed by atoms with Crippen molar-refractivity contribution in [1.29, 1.82) is 0 Å². The van der Waals surface area contributed by atoms with Gasteiger partial charge in [-0.15, -0.1) is 0 Å². The van der Waals surface area contributed by atoms with E-state index in [1.54, 1.807) is 0 Å². The zero-order valence-corrected chi connectivity index (χ0v) is 11.4. The van der Waals surface area contributed by atoms with E-state index in [0.717, 1.165) is 0 Å². The smallest absolute Gasteiger partial charge is 0.0145 e. The summed E-state index contributed by atoms with van der Waals surface area (Å²) in [7, 11) is 0. The molecule has 0 heterocycles. The third-order valence-electron chi connectivity index (χ3n) is 3.42. The molecule has 0 aliphatic carbocycles. The number of rotatable bonds is 4. The van der Waals surface area contributed by atoms with Gasteiger partial charge in [-0.3, -0.25) is 0 Å². The van der Waals surface area contributed by atoms with Crippen LogP contribution in [0.5, 0.6) is 0 Å². The van der Waals surface area contributed by atoms with Crippen molar-refractivity contribution in [3.63, 3.8) is 0 Å². The van der Waals surface area contributed by atoms with Gasteiger partial charge in [-0.2, -0.15) is 0 Å². The molecule has 0 aliphatic rings. The van der Waals surface area contributed by atoms with Crippen molar-refractivity contribution in [3.8, 4) is 0 Å². The molecule has 0 saturated carbocycles. The minimum absolute atomic E-state index is 0.546. The van der Waals surface area contributed by atoms with E-state index in [0.29, 0.717) is 18.4 Å². The van der Waals surface area contributed by atoms with Gasteiger partial charge in [0.1, 0.15) is 0 Å². The molecule has 1 heteroatoms. The maximum Gasteiger partial charge on any atom is 0.0145 e. The van der Waals surface area contributed by atoms with Crippen LogP contribution < -0.4 is 5.73 Å². The number of nitrogens with two attached hydrogens (primary N) is 1. The summed E-state index contributed by atoms with van der Waals surface area (Å²) in [5.41, 5.74) is 11.5. The van der Waals surface area contributed by atoms with Crippen LogP contribution in [0.25, 0.3) is 0 Å². The molecule has 0 unspecified atom stereocenters. The molecule has 0 amide bonds. The van der Waals surface area contributed by atoms with Gasteiger partial charge in [0.05, 0.1) is 0 Å². The SMILES string of the molecule is CC(/C(C)=C(\CN)C(C)C)=C(\C)C(C)C. The van der Waals surface area contributed by atoms with E-state index in [-0.39, 0.29) is 0 Å². The Labute approximate surface area is 95.4 Å². The van der Waals surface area contributed by atoms with Crippen LogP contribution in [0.15, 0.2) is 22.3 Å². The summed E-state index contributed by atoms with van der Waals surface area (Å²) >= 11 is 0. The number of hydrogen-bond donors (Lipinski definition) is 1. The summed E-state index contributed by atoms with van der Waals surface area (Å²) < 4.78 is 0. The fourth-order valence-electron chi connectivity index (χ4n) is 1.79. The van der Waals surface area contributed by atoms with Crippen molar-refractivity contribution < 1.29 is 0 Å². The third kappa shape index (κ3) is 3.83. The van der Waals surface area contributed by atoms with Gasteiger partial charge in [0, 0.05) is 6.54 Å². The van der Waals surface area contributed by atoms with Crippen molar-refractivity contribution in [2.75, 3.05) is 6.54 Å². The van der Waals surface area contributed by atoms with E-state index in [1.807, 2.05) is 0 Å². The van der Waals surface area contributed by atoms with Crippen LogP contribution in [0.4, 0.5) is 0 Å². The molecule has 0 spiro atoms. The Kier molecular flexibility index (Phi) is 5.89. The van der Waals surface area contributed by atoms with Crippen LogP contribution in [0.3, 0.4) is 0 Å². The lowest BCUT2D eigenvalue weighted by Crippen LogP contribution is -2.12. The summed E-state index contributed by atoms with van der Waals surface area (Å²) in [6.07, 6.45) is 0. The molecule has 0 radical (unpaired) electrons. The van der Waals surface area contributed by atoms with E-state index < -0.39 is 0 Å². The second-order valence-corrected chi connectivity index (χ2v) is 4.97. The predicted molar refractivity (Wildman–Crippen MR) is 69.8 cm³/mol. The molecule has 0 bridgehead atoms. The first-order valence-electron chi connectivity index (χ1n) is 5.90. The second kappa shape index (κ2) is 6.12. The molecule has 0 atom stereocenters. The predicted octanol–water partition coefficient (Wildman–Crippen LogP) is 3.91. The van der Waals surface area contributed by atoms with Gasteiger partial charge in [-0.05, 0) is 43.8 Å². The highest BCUT2D eigenvalue weighted by molar-refractivity contribution is 5.37. The average molecular weight is 209 g/mol. The van der Waals surface area contributed by atoms with E-state index in [4.69, 9.17) is 5.73 Å². The van der Waals surface area contributed by atoms with Crippen LogP contribution in [-0.4, -0.2) is 6.54 Å².